The third-order valence-electron chi connectivity index (χ3n) is 3.17. The van der Waals surface area contributed by atoms with E-state index in [4.69, 9.17) is 15.6 Å². The van der Waals surface area contributed by atoms with Gasteiger partial charge in [0.15, 0.2) is 0 Å². The number of hydrogen-bond acceptors (Lipinski definition) is 6. The summed E-state index contributed by atoms with van der Waals surface area (Å²) in [5, 5.41) is 21.6. The fourth-order valence-corrected chi connectivity index (χ4v) is 1.79. The molecule has 2 amide bonds. The second-order valence-electron chi connectivity index (χ2n) is 4.96. The number of rotatable bonds is 12. The van der Waals surface area contributed by atoms with Crippen molar-refractivity contribution in [2.75, 3.05) is 26.3 Å². The van der Waals surface area contributed by atoms with Crippen LogP contribution < -0.4 is 5.73 Å². The van der Waals surface area contributed by atoms with E-state index in [-0.39, 0.29) is 19.8 Å². The van der Waals surface area contributed by atoms with Gasteiger partial charge in [0, 0.05) is 19.8 Å². The van der Waals surface area contributed by atoms with E-state index in [0.29, 0.717) is 13.0 Å². The lowest BCUT2D eigenvalue weighted by molar-refractivity contribution is -0.0574. The highest BCUT2D eigenvalue weighted by atomic mass is 16.5. The van der Waals surface area contributed by atoms with Crippen LogP contribution in [0.1, 0.15) is 33.1 Å². The number of aliphatic hydroxyl groups excluding tert-OH is 2. The van der Waals surface area contributed by atoms with Gasteiger partial charge in [-0.2, -0.15) is 4.91 Å². The second kappa shape index (κ2) is 11.4. The van der Waals surface area contributed by atoms with Crippen molar-refractivity contribution in [2.45, 2.75) is 51.4 Å². The number of ether oxygens (including phenoxy) is 1. The van der Waals surface area contributed by atoms with Crippen LogP contribution in [-0.4, -0.2) is 65.7 Å². The maximum absolute atomic E-state index is 11.4. The van der Waals surface area contributed by atoms with Crippen molar-refractivity contribution in [1.29, 1.82) is 0 Å². The predicted octanol–water partition coefficient (Wildman–Crippen LogP) is 0.451. The molecule has 3 unspecified atom stereocenters. The fraction of sp³-hybridized carbons (Fsp3) is 0.923. The van der Waals surface area contributed by atoms with Crippen molar-refractivity contribution in [3.8, 4) is 0 Å². The Kier molecular flexibility index (Phi) is 10.7. The molecule has 0 aliphatic carbocycles. The minimum Gasteiger partial charge on any atom is -0.396 e. The van der Waals surface area contributed by atoms with Gasteiger partial charge in [-0.25, -0.2) is 4.79 Å². The molecular formula is C13H27N3O5. The SMILES string of the molecule is CCCCN(CC(OCCCO)C(O)C(C)N=O)C(N)=O. The number of hydrogen-bond donors (Lipinski definition) is 3. The molecule has 21 heavy (non-hydrogen) atoms. The standard InChI is InChI=1S/C13H27N3O5/c1-3-4-6-16(13(14)19)9-11(21-8-5-7-17)12(18)10(2)15-20/h10-12,17-18H,3-9H2,1-2H3,(H2,14,19). The number of carbonyl (C=O) groups excluding carboxylic acids is 1. The largest absolute Gasteiger partial charge is 0.396 e. The summed E-state index contributed by atoms with van der Waals surface area (Å²) in [6.07, 6.45) is 0.175. The zero-order valence-corrected chi connectivity index (χ0v) is 12.8. The number of aliphatic hydroxyl groups is 2. The Morgan fingerprint density at radius 3 is 2.57 bits per heavy atom. The molecule has 8 heteroatoms. The third kappa shape index (κ3) is 7.93. The van der Waals surface area contributed by atoms with E-state index in [2.05, 4.69) is 5.18 Å². The first-order valence-corrected chi connectivity index (χ1v) is 7.25. The molecule has 0 aliphatic heterocycles. The maximum atomic E-state index is 11.4. The molecule has 4 N–H and O–H groups in total. The van der Waals surface area contributed by atoms with E-state index in [0.717, 1.165) is 12.8 Å². The van der Waals surface area contributed by atoms with Gasteiger partial charge in [-0.05, 0) is 19.8 Å². The van der Waals surface area contributed by atoms with Crippen molar-refractivity contribution in [2.24, 2.45) is 10.9 Å². The van der Waals surface area contributed by atoms with Crippen LogP contribution in [0.5, 0.6) is 0 Å². The van der Waals surface area contributed by atoms with Crippen LogP contribution in [0.25, 0.3) is 0 Å². The number of carbonyl (C=O) groups is 1. The number of amides is 2. The summed E-state index contributed by atoms with van der Waals surface area (Å²) >= 11 is 0. The molecule has 0 heterocycles. The summed E-state index contributed by atoms with van der Waals surface area (Å²) in [5.74, 6) is 0. The molecule has 8 nitrogen and oxygen atoms in total. The number of urea groups is 1. The number of nitrogens with two attached hydrogens (primary N) is 1. The number of nitrogens with zero attached hydrogens (tertiary/aromatic N) is 2. The van der Waals surface area contributed by atoms with Gasteiger partial charge in [-0.15, -0.1) is 0 Å². The average Bonchev–Trinajstić information content (AvgIpc) is 2.47. The van der Waals surface area contributed by atoms with E-state index in [1.54, 1.807) is 0 Å². The van der Waals surface area contributed by atoms with Crippen molar-refractivity contribution in [3.05, 3.63) is 4.91 Å². The van der Waals surface area contributed by atoms with E-state index in [1.165, 1.54) is 11.8 Å². The van der Waals surface area contributed by atoms with Gasteiger partial charge in [0.2, 0.25) is 0 Å². The molecule has 0 bridgehead atoms. The van der Waals surface area contributed by atoms with Crippen LogP contribution in [0.3, 0.4) is 0 Å². The number of nitroso groups, excluding NO2 is 1. The predicted molar refractivity (Wildman–Crippen MR) is 78.8 cm³/mol. The summed E-state index contributed by atoms with van der Waals surface area (Å²) in [6, 6.07) is -1.46. The van der Waals surface area contributed by atoms with Gasteiger partial charge in [0.1, 0.15) is 18.2 Å². The molecule has 0 fully saturated rings. The molecule has 0 spiro atoms. The van der Waals surface area contributed by atoms with E-state index < -0.39 is 24.3 Å². The van der Waals surface area contributed by atoms with Crippen molar-refractivity contribution in [3.63, 3.8) is 0 Å². The highest BCUT2D eigenvalue weighted by molar-refractivity contribution is 5.72. The molecule has 0 radical (unpaired) electrons. The zero-order chi connectivity index (χ0) is 16.3. The highest BCUT2D eigenvalue weighted by Gasteiger charge is 2.29. The van der Waals surface area contributed by atoms with Crippen LogP contribution >= 0.6 is 0 Å². The van der Waals surface area contributed by atoms with Crippen molar-refractivity contribution >= 4 is 6.03 Å². The van der Waals surface area contributed by atoms with Gasteiger partial charge in [0.05, 0.1) is 6.54 Å². The van der Waals surface area contributed by atoms with Gasteiger partial charge in [0.25, 0.3) is 0 Å². The topological polar surface area (TPSA) is 125 Å². The number of primary amides is 1. The monoisotopic (exact) mass is 305 g/mol. The quantitative estimate of drug-likeness (QED) is 0.356. The molecule has 0 aromatic rings. The summed E-state index contributed by atoms with van der Waals surface area (Å²) in [5.41, 5.74) is 5.31. The summed E-state index contributed by atoms with van der Waals surface area (Å²) in [4.78, 5) is 23.4. The molecule has 0 aromatic carbocycles. The first-order chi connectivity index (χ1) is 9.97. The lowest BCUT2D eigenvalue weighted by Gasteiger charge is -2.30. The average molecular weight is 305 g/mol. The van der Waals surface area contributed by atoms with Crippen LogP contribution in [0, 0.1) is 4.91 Å². The minimum atomic E-state index is -1.13. The second-order valence-corrected chi connectivity index (χ2v) is 4.96. The summed E-state index contributed by atoms with van der Waals surface area (Å²) in [7, 11) is 0. The lowest BCUT2D eigenvalue weighted by atomic mass is 10.1. The normalized spacial score (nSPS) is 15.2. The molecule has 0 aromatic heterocycles. The minimum absolute atomic E-state index is 0.0420. The Morgan fingerprint density at radius 1 is 1.43 bits per heavy atom. The Morgan fingerprint density at radius 2 is 2.10 bits per heavy atom. The molecule has 0 aliphatic rings. The third-order valence-corrected chi connectivity index (χ3v) is 3.17. The smallest absolute Gasteiger partial charge is 0.314 e. The molecule has 3 atom stereocenters. The van der Waals surface area contributed by atoms with E-state index in [1.807, 2.05) is 6.92 Å². The molecule has 0 rings (SSSR count). The molecular weight excluding hydrogens is 278 g/mol. The van der Waals surface area contributed by atoms with Crippen LogP contribution in [0.4, 0.5) is 4.79 Å². The summed E-state index contributed by atoms with van der Waals surface area (Å²) in [6.45, 7) is 4.18. The fourth-order valence-electron chi connectivity index (χ4n) is 1.79. The van der Waals surface area contributed by atoms with Gasteiger partial charge in [-0.1, -0.05) is 18.5 Å². The number of unbranched alkanes of at least 4 members (excludes halogenated alkanes) is 1. The Hall–Kier alpha value is -1.25. The molecule has 124 valence electrons. The maximum Gasteiger partial charge on any atom is 0.314 e. The zero-order valence-electron chi connectivity index (χ0n) is 12.8. The molecule has 0 saturated carbocycles. The molecule has 0 saturated heterocycles. The van der Waals surface area contributed by atoms with Crippen molar-refractivity contribution in [1.82, 2.24) is 4.90 Å². The Bertz CT molecular complexity index is 304. The van der Waals surface area contributed by atoms with Gasteiger partial charge in [-0.3, -0.25) is 0 Å². The van der Waals surface area contributed by atoms with E-state index in [9.17, 15) is 14.8 Å². The highest BCUT2D eigenvalue weighted by Crippen LogP contribution is 2.11. The Labute approximate surface area is 125 Å². The first-order valence-electron chi connectivity index (χ1n) is 7.25. The lowest BCUT2D eigenvalue weighted by Crippen LogP contribution is -2.48. The Balaban J connectivity index is 4.73. The van der Waals surface area contributed by atoms with Crippen LogP contribution in [0.15, 0.2) is 5.18 Å². The van der Waals surface area contributed by atoms with Crippen LogP contribution in [-0.2, 0) is 4.74 Å². The van der Waals surface area contributed by atoms with E-state index >= 15 is 0 Å². The van der Waals surface area contributed by atoms with Crippen molar-refractivity contribution < 1.29 is 19.7 Å². The van der Waals surface area contributed by atoms with Gasteiger partial charge >= 0.3 is 6.03 Å². The van der Waals surface area contributed by atoms with Crippen LogP contribution in [0.2, 0.25) is 0 Å². The van der Waals surface area contributed by atoms with Gasteiger partial charge < -0.3 is 25.6 Å². The first kappa shape index (κ1) is 19.8. The summed E-state index contributed by atoms with van der Waals surface area (Å²) < 4.78 is 5.47.